The highest BCUT2D eigenvalue weighted by Crippen LogP contribution is 2.51. The Balaban J connectivity index is 1.45. The van der Waals surface area contributed by atoms with Crippen molar-refractivity contribution < 1.29 is 18.7 Å². The van der Waals surface area contributed by atoms with Crippen LogP contribution in [0.15, 0.2) is 12.1 Å². The molecule has 0 radical (unpaired) electrons. The van der Waals surface area contributed by atoms with Gasteiger partial charge in [0.15, 0.2) is 11.6 Å². The Morgan fingerprint density at radius 1 is 1.33 bits per heavy atom. The highest BCUT2D eigenvalue weighted by atomic mass is 32.2. The highest BCUT2D eigenvalue weighted by molar-refractivity contribution is 8.21. The summed E-state index contributed by atoms with van der Waals surface area (Å²) < 4.78 is 27.1. The molecule has 0 bridgehead atoms. The first kappa shape index (κ1) is 19.5. The monoisotopic (exact) mass is 414 g/mol. The van der Waals surface area contributed by atoms with E-state index in [1.54, 1.807) is 4.90 Å². The van der Waals surface area contributed by atoms with Gasteiger partial charge in [-0.15, -0.1) is 23.5 Å². The summed E-state index contributed by atoms with van der Waals surface area (Å²) in [5, 5.41) is 9.74. The van der Waals surface area contributed by atoms with Gasteiger partial charge in [0.25, 0.3) is 0 Å². The lowest BCUT2D eigenvalue weighted by Crippen LogP contribution is -2.42. The largest absolute Gasteiger partial charge is 0.394 e. The van der Waals surface area contributed by atoms with Crippen molar-refractivity contribution in [2.24, 2.45) is 5.73 Å². The zero-order valence-electron chi connectivity index (χ0n) is 15.0. The first-order valence-electron chi connectivity index (χ1n) is 9.34. The van der Waals surface area contributed by atoms with Crippen LogP contribution in [0.3, 0.4) is 0 Å². The Kier molecular flexibility index (Phi) is 5.44. The van der Waals surface area contributed by atoms with Gasteiger partial charge in [-0.1, -0.05) is 0 Å². The van der Waals surface area contributed by atoms with Crippen molar-refractivity contribution in [1.82, 2.24) is 4.90 Å². The molecule has 3 aliphatic rings. The summed E-state index contributed by atoms with van der Waals surface area (Å²) in [5.41, 5.74) is 7.86. The predicted molar refractivity (Wildman–Crippen MR) is 105 cm³/mol. The Bertz CT molecular complexity index is 743. The summed E-state index contributed by atoms with van der Waals surface area (Å²) in [7, 11) is 0. The van der Waals surface area contributed by atoms with E-state index >= 15 is 0 Å². The first-order chi connectivity index (χ1) is 12.9. The third-order valence-electron chi connectivity index (χ3n) is 5.98. The van der Waals surface area contributed by atoms with Crippen LogP contribution in [0.1, 0.15) is 36.3 Å². The number of thioether (sulfide) groups is 2. The second-order valence-corrected chi connectivity index (χ2v) is 10.9. The molecule has 1 aromatic carbocycles. The number of aryl methyl sites for hydroxylation is 1. The van der Waals surface area contributed by atoms with Crippen molar-refractivity contribution in [1.29, 1.82) is 0 Å². The van der Waals surface area contributed by atoms with Crippen LogP contribution in [-0.2, 0) is 11.2 Å². The van der Waals surface area contributed by atoms with Crippen LogP contribution in [0, 0.1) is 11.6 Å². The summed E-state index contributed by atoms with van der Waals surface area (Å²) in [5.74, 6) is 0.257. The quantitative estimate of drug-likeness (QED) is 0.792. The zero-order valence-corrected chi connectivity index (χ0v) is 16.6. The minimum Gasteiger partial charge on any atom is -0.394 e. The molecule has 4 nitrogen and oxygen atoms in total. The van der Waals surface area contributed by atoms with Gasteiger partial charge in [-0.25, -0.2) is 8.78 Å². The molecule has 0 aromatic heterocycles. The number of amides is 1. The molecule has 1 aliphatic carbocycles. The predicted octanol–water partition coefficient (Wildman–Crippen LogP) is 2.48. The molecule has 3 atom stereocenters. The van der Waals surface area contributed by atoms with E-state index in [2.05, 4.69) is 0 Å². The number of nitrogens with two attached hydrogens (primary N) is 1. The minimum absolute atomic E-state index is 0.00770. The number of fused-ring (bicyclic) bond motifs is 1. The Labute approximate surface area is 166 Å². The maximum Gasteiger partial charge on any atom is 0.224 e. The van der Waals surface area contributed by atoms with Gasteiger partial charge in [0.2, 0.25) is 5.91 Å². The molecular weight excluding hydrogens is 390 g/mol. The fourth-order valence-electron chi connectivity index (χ4n) is 4.62. The Morgan fingerprint density at radius 3 is 2.74 bits per heavy atom. The van der Waals surface area contributed by atoms with E-state index in [0.717, 1.165) is 29.1 Å². The number of carbonyl (C=O) groups is 1. The van der Waals surface area contributed by atoms with Crippen molar-refractivity contribution >= 4 is 29.4 Å². The van der Waals surface area contributed by atoms with Crippen molar-refractivity contribution in [2.45, 2.75) is 47.8 Å². The van der Waals surface area contributed by atoms with Crippen LogP contribution >= 0.6 is 23.5 Å². The average Bonchev–Trinajstić information content (AvgIpc) is 3.35. The molecule has 1 spiro atoms. The van der Waals surface area contributed by atoms with Gasteiger partial charge >= 0.3 is 0 Å². The molecule has 3 unspecified atom stereocenters. The Hall–Kier alpha value is -0.830. The lowest BCUT2D eigenvalue weighted by Gasteiger charge is -2.27. The van der Waals surface area contributed by atoms with Crippen LogP contribution in [0.4, 0.5) is 8.78 Å². The summed E-state index contributed by atoms with van der Waals surface area (Å²) in [6.07, 6.45) is 2.31. The van der Waals surface area contributed by atoms with E-state index in [4.69, 9.17) is 5.73 Å². The maximum absolute atomic E-state index is 13.7. The van der Waals surface area contributed by atoms with Crippen LogP contribution in [0.5, 0.6) is 0 Å². The van der Waals surface area contributed by atoms with Crippen LogP contribution in [-0.4, -0.2) is 56.7 Å². The number of rotatable bonds is 4. The van der Waals surface area contributed by atoms with Gasteiger partial charge in [-0.05, 0) is 42.5 Å². The molecule has 3 N–H and O–H groups in total. The van der Waals surface area contributed by atoms with E-state index in [9.17, 15) is 18.7 Å². The maximum atomic E-state index is 13.7. The summed E-state index contributed by atoms with van der Waals surface area (Å²) in [6.45, 7) is 0.598. The van der Waals surface area contributed by atoms with E-state index in [0.29, 0.717) is 19.4 Å². The molecule has 148 valence electrons. The van der Waals surface area contributed by atoms with Gasteiger partial charge in [0.05, 0.1) is 16.7 Å². The standard InChI is InChI=1S/C19H24F2N2O2S2/c20-15-5-11-1-2-13(14(11)6-16(15)21)17(22)7-18(25)23-10-19(8-12(23)9-24)26-3-4-27-19/h5-6,12-13,17,24H,1-4,7-10,22H2. The van der Waals surface area contributed by atoms with Gasteiger partial charge in [-0.2, -0.15) is 0 Å². The number of benzene rings is 1. The van der Waals surface area contributed by atoms with Gasteiger partial charge in [-0.3, -0.25) is 4.79 Å². The number of likely N-dealkylation sites (tertiary alicyclic amines) is 1. The molecule has 8 heteroatoms. The number of aliphatic hydroxyl groups is 1. The summed E-state index contributed by atoms with van der Waals surface area (Å²) in [6, 6.07) is 1.88. The molecule has 2 saturated heterocycles. The smallest absolute Gasteiger partial charge is 0.224 e. The second-order valence-electron chi connectivity index (χ2n) is 7.65. The van der Waals surface area contributed by atoms with E-state index in [-0.39, 0.29) is 35.0 Å². The third kappa shape index (κ3) is 3.61. The molecule has 0 saturated carbocycles. The summed E-state index contributed by atoms with van der Waals surface area (Å²) >= 11 is 3.76. The van der Waals surface area contributed by atoms with Gasteiger partial charge in [0.1, 0.15) is 0 Å². The lowest BCUT2D eigenvalue weighted by atomic mass is 9.91. The zero-order chi connectivity index (χ0) is 19.2. The average molecular weight is 415 g/mol. The fraction of sp³-hybridized carbons (Fsp3) is 0.632. The molecule has 1 aromatic rings. The molecule has 2 fully saturated rings. The number of aliphatic hydroxyl groups excluding tert-OH is 1. The normalized spacial score (nSPS) is 27.3. The molecule has 2 heterocycles. The van der Waals surface area contributed by atoms with Crippen molar-refractivity contribution in [3.8, 4) is 0 Å². The van der Waals surface area contributed by atoms with Crippen molar-refractivity contribution in [3.63, 3.8) is 0 Å². The number of hydrogen-bond acceptors (Lipinski definition) is 5. The molecule has 2 aliphatic heterocycles. The lowest BCUT2D eigenvalue weighted by molar-refractivity contribution is -0.133. The SMILES string of the molecule is NC(CC(=O)N1CC2(CC1CO)SCCS2)C1CCc2cc(F)c(F)cc21. The van der Waals surface area contributed by atoms with E-state index in [1.807, 2.05) is 23.5 Å². The molecular formula is C19H24F2N2O2S2. The van der Waals surface area contributed by atoms with Crippen LogP contribution in [0.25, 0.3) is 0 Å². The summed E-state index contributed by atoms with van der Waals surface area (Å²) in [4.78, 5) is 14.7. The highest BCUT2D eigenvalue weighted by Gasteiger charge is 2.48. The third-order valence-corrected chi connectivity index (χ3v) is 9.40. The van der Waals surface area contributed by atoms with Crippen molar-refractivity contribution in [3.05, 3.63) is 34.9 Å². The van der Waals surface area contributed by atoms with Crippen molar-refractivity contribution in [2.75, 3.05) is 24.7 Å². The molecule has 27 heavy (non-hydrogen) atoms. The number of halogens is 2. The van der Waals surface area contributed by atoms with Crippen LogP contribution < -0.4 is 5.73 Å². The second kappa shape index (κ2) is 7.54. The van der Waals surface area contributed by atoms with E-state index in [1.165, 1.54) is 12.1 Å². The van der Waals surface area contributed by atoms with E-state index < -0.39 is 17.7 Å². The number of hydrogen-bond donors (Lipinski definition) is 2. The fourth-order valence-corrected chi connectivity index (χ4v) is 7.95. The Morgan fingerprint density at radius 2 is 2.04 bits per heavy atom. The topological polar surface area (TPSA) is 66.6 Å². The number of carbonyl (C=O) groups excluding carboxylic acids is 1. The molecule has 4 rings (SSSR count). The molecule has 1 amide bonds. The van der Waals surface area contributed by atoms with Crippen LogP contribution in [0.2, 0.25) is 0 Å². The minimum atomic E-state index is -0.865. The number of nitrogens with zero attached hydrogens (tertiary/aromatic N) is 1. The van der Waals surface area contributed by atoms with Gasteiger partial charge in [0, 0.05) is 36.4 Å². The first-order valence-corrected chi connectivity index (χ1v) is 11.3. The van der Waals surface area contributed by atoms with Gasteiger partial charge < -0.3 is 15.7 Å².